The van der Waals surface area contributed by atoms with Crippen molar-refractivity contribution in [1.29, 1.82) is 0 Å². The van der Waals surface area contributed by atoms with E-state index in [4.69, 9.17) is 0 Å². The molecule has 30 heavy (non-hydrogen) atoms. The molecular formula is C20H18N4O4S2. The van der Waals surface area contributed by atoms with Crippen molar-refractivity contribution < 1.29 is 18.0 Å². The fraction of sp³-hybridized carbons (Fsp3) is 0.250. The third-order valence-electron chi connectivity index (χ3n) is 5.25. The first-order valence-corrected chi connectivity index (χ1v) is 12.0. The van der Waals surface area contributed by atoms with Crippen molar-refractivity contribution in [2.45, 2.75) is 17.7 Å². The fourth-order valence-corrected chi connectivity index (χ4v) is 6.02. The summed E-state index contributed by atoms with van der Waals surface area (Å²) < 4.78 is 27.3. The molecule has 5 rings (SSSR count). The summed E-state index contributed by atoms with van der Waals surface area (Å²) in [5, 5.41) is 3.29. The molecule has 2 aromatic carbocycles. The van der Waals surface area contributed by atoms with Crippen LogP contribution in [-0.4, -0.2) is 44.2 Å². The molecule has 0 aliphatic carbocycles. The van der Waals surface area contributed by atoms with E-state index in [-0.39, 0.29) is 17.6 Å². The van der Waals surface area contributed by atoms with Gasteiger partial charge in [0, 0.05) is 41.3 Å². The van der Waals surface area contributed by atoms with Crippen LogP contribution in [0, 0.1) is 0 Å². The molecule has 2 amide bonds. The molecule has 8 nitrogen and oxygen atoms in total. The Morgan fingerprint density at radius 3 is 2.60 bits per heavy atom. The number of benzene rings is 2. The summed E-state index contributed by atoms with van der Waals surface area (Å²) in [5.74, 6) is -0.156. The lowest BCUT2D eigenvalue weighted by atomic mass is 10.1. The van der Waals surface area contributed by atoms with E-state index < -0.39 is 10.0 Å². The van der Waals surface area contributed by atoms with Crippen LogP contribution in [0.3, 0.4) is 0 Å². The molecule has 3 aliphatic rings. The number of amides is 2. The number of hydrogen-bond donors (Lipinski definition) is 1. The largest absolute Gasteiger partial charge is 0.322 e. The molecule has 10 heteroatoms. The van der Waals surface area contributed by atoms with Crippen molar-refractivity contribution in [1.82, 2.24) is 0 Å². The van der Waals surface area contributed by atoms with Gasteiger partial charge in [-0.05, 0) is 60.6 Å². The van der Waals surface area contributed by atoms with Crippen molar-refractivity contribution in [2.24, 2.45) is 4.40 Å². The number of sulfonamides is 1. The molecule has 3 heterocycles. The molecule has 0 radical (unpaired) electrons. The zero-order valence-electron chi connectivity index (χ0n) is 15.9. The first kappa shape index (κ1) is 19.1. The van der Waals surface area contributed by atoms with Crippen molar-refractivity contribution in [3.63, 3.8) is 0 Å². The van der Waals surface area contributed by atoms with Gasteiger partial charge < -0.3 is 15.1 Å². The minimum atomic E-state index is -3.41. The minimum Gasteiger partial charge on any atom is -0.322 e. The normalized spacial score (nSPS) is 19.3. The van der Waals surface area contributed by atoms with Crippen LogP contribution >= 0.6 is 11.8 Å². The van der Waals surface area contributed by atoms with Crippen LogP contribution in [0.2, 0.25) is 0 Å². The van der Waals surface area contributed by atoms with Gasteiger partial charge in [0.1, 0.15) is 0 Å². The van der Waals surface area contributed by atoms with Crippen molar-refractivity contribution >= 4 is 55.8 Å². The van der Waals surface area contributed by atoms with E-state index in [1.165, 1.54) is 11.8 Å². The van der Waals surface area contributed by atoms with Crippen LogP contribution in [-0.2, 0) is 14.8 Å². The summed E-state index contributed by atoms with van der Waals surface area (Å²) in [7, 11) is -3.41. The van der Waals surface area contributed by atoms with Crippen molar-refractivity contribution in [2.75, 3.05) is 34.0 Å². The van der Waals surface area contributed by atoms with Gasteiger partial charge in [-0.3, -0.25) is 9.59 Å². The maximum Gasteiger partial charge on any atom is 0.257 e. The molecule has 0 spiro atoms. The zero-order chi connectivity index (χ0) is 20.9. The smallest absolute Gasteiger partial charge is 0.257 e. The summed E-state index contributed by atoms with van der Waals surface area (Å²) >= 11 is 1.26. The average Bonchev–Trinajstić information content (AvgIpc) is 3.29. The Morgan fingerprint density at radius 2 is 1.87 bits per heavy atom. The highest BCUT2D eigenvalue weighted by molar-refractivity contribution is 8.15. The maximum atomic E-state index is 12.7. The number of hydrogen-bond acceptors (Lipinski definition) is 6. The molecule has 0 saturated carbocycles. The van der Waals surface area contributed by atoms with E-state index >= 15 is 0 Å². The Kier molecular flexibility index (Phi) is 4.55. The van der Waals surface area contributed by atoms with Gasteiger partial charge in [-0.25, -0.2) is 8.42 Å². The summed E-state index contributed by atoms with van der Waals surface area (Å²) in [6.07, 6.45) is 1.44. The lowest BCUT2D eigenvalue weighted by Crippen LogP contribution is -2.35. The Morgan fingerprint density at radius 1 is 1.07 bits per heavy atom. The lowest BCUT2D eigenvalue weighted by molar-refractivity contribution is -0.117. The fourth-order valence-electron chi connectivity index (χ4n) is 3.72. The average molecular weight is 443 g/mol. The second kappa shape index (κ2) is 7.13. The highest BCUT2D eigenvalue weighted by atomic mass is 32.2. The highest BCUT2D eigenvalue weighted by Crippen LogP contribution is 2.42. The molecule has 0 aromatic heterocycles. The predicted molar refractivity (Wildman–Crippen MR) is 117 cm³/mol. The first-order valence-electron chi connectivity index (χ1n) is 9.53. The second-order valence-electron chi connectivity index (χ2n) is 7.25. The molecule has 0 unspecified atom stereocenters. The van der Waals surface area contributed by atoms with Gasteiger partial charge in [-0.2, -0.15) is 0 Å². The van der Waals surface area contributed by atoms with Crippen LogP contribution in [0.15, 0.2) is 51.8 Å². The topological polar surface area (TPSA) is 99.1 Å². The molecule has 3 aliphatic heterocycles. The lowest BCUT2D eigenvalue weighted by Gasteiger charge is -2.22. The van der Waals surface area contributed by atoms with Gasteiger partial charge in [-0.1, -0.05) is 0 Å². The van der Waals surface area contributed by atoms with E-state index in [1.807, 2.05) is 23.1 Å². The van der Waals surface area contributed by atoms with Crippen LogP contribution in [0.4, 0.5) is 17.1 Å². The van der Waals surface area contributed by atoms with Gasteiger partial charge in [0.05, 0.1) is 11.4 Å². The Balaban J connectivity index is 1.32. The molecule has 1 N–H and O–H groups in total. The van der Waals surface area contributed by atoms with Gasteiger partial charge in [0.25, 0.3) is 15.9 Å². The highest BCUT2D eigenvalue weighted by Gasteiger charge is 2.33. The number of carbonyl (C=O) groups is 2. The first-order chi connectivity index (χ1) is 14.4. The third-order valence-corrected chi connectivity index (χ3v) is 7.55. The predicted octanol–water partition coefficient (Wildman–Crippen LogP) is 2.68. The van der Waals surface area contributed by atoms with E-state index in [0.29, 0.717) is 29.4 Å². The molecule has 2 aromatic rings. The number of amidine groups is 1. The van der Waals surface area contributed by atoms with E-state index in [9.17, 15) is 18.0 Å². The molecule has 1 fully saturated rings. The molecule has 0 atom stereocenters. The quantitative estimate of drug-likeness (QED) is 0.785. The van der Waals surface area contributed by atoms with Crippen LogP contribution < -0.4 is 15.1 Å². The van der Waals surface area contributed by atoms with E-state index in [1.54, 1.807) is 29.2 Å². The monoisotopic (exact) mass is 442 g/mol. The third kappa shape index (κ3) is 3.46. The van der Waals surface area contributed by atoms with Gasteiger partial charge in [0.15, 0.2) is 5.17 Å². The number of anilines is 3. The van der Waals surface area contributed by atoms with Crippen LogP contribution in [0.1, 0.15) is 23.2 Å². The number of thioether (sulfide) groups is 1. The molecule has 0 bridgehead atoms. The Hall–Kier alpha value is -2.85. The summed E-state index contributed by atoms with van der Waals surface area (Å²) in [5.41, 5.74) is 2.81. The number of fused-ring (bicyclic) bond motifs is 3. The van der Waals surface area contributed by atoms with E-state index in [2.05, 4.69) is 9.71 Å². The molecule has 1 saturated heterocycles. The van der Waals surface area contributed by atoms with Crippen molar-refractivity contribution in [3.8, 4) is 0 Å². The van der Waals surface area contributed by atoms with Gasteiger partial charge in [-0.15, -0.1) is 4.40 Å². The van der Waals surface area contributed by atoms with Crippen LogP contribution in [0.25, 0.3) is 0 Å². The van der Waals surface area contributed by atoms with Gasteiger partial charge in [0.2, 0.25) is 5.91 Å². The standard InChI is InChI=1S/C20H18N4O4S2/c25-18-2-1-9-23(18)15-6-4-14(5-7-15)21-19(26)13-3-8-16-17(12-13)29-20-22-30(27,28)11-10-24(16)20/h3-8,12H,1-2,9-11H2,(H,21,26). The molecule has 154 valence electrons. The van der Waals surface area contributed by atoms with Crippen LogP contribution in [0.5, 0.6) is 0 Å². The van der Waals surface area contributed by atoms with Gasteiger partial charge >= 0.3 is 0 Å². The number of nitrogens with one attached hydrogen (secondary N) is 1. The Labute approximate surface area is 178 Å². The van der Waals surface area contributed by atoms with Crippen molar-refractivity contribution in [3.05, 3.63) is 48.0 Å². The number of nitrogens with zero attached hydrogens (tertiary/aromatic N) is 3. The summed E-state index contributed by atoms with van der Waals surface area (Å²) in [6, 6.07) is 12.5. The Bertz CT molecular complexity index is 1190. The zero-order valence-corrected chi connectivity index (χ0v) is 17.5. The summed E-state index contributed by atoms with van der Waals surface area (Å²) in [6.45, 7) is 1.08. The summed E-state index contributed by atoms with van der Waals surface area (Å²) in [4.78, 5) is 29.0. The second-order valence-corrected chi connectivity index (χ2v) is 10.0. The number of rotatable bonds is 3. The SMILES string of the molecule is O=C(Nc1ccc(N2CCCC2=O)cc1)c1ccc2c(c1)SC1=NS(=O)(=O)CCN12. The molecular weight excluding hydrogens is 424 g/mol. The minimum absolute atomic E-state index is 0.0161. The van der Waals surface area contributed by atoms with E-state index in [0.717, 1.165) is 29.2 Å². The number of carbonyl (C=O) groups excluding carboxylic acids is 2. The maximum absolute atomic E-state index is 12.7.